The van der Waals surface area contributed by atoms with Gasteiger partial charge in [0.05, 0.1) is 0 Å². The standard InChI is InChI=1S/C15H18N6OS/c1-2-11-8-12(22)21-14(18-11)23-15(19-21)20-7-3-4-10(9-20)13-16-5-6-17-13/h5-6,8,10H,2-4,7,9H2,1H3,(H,16,17). The van der Waals surface area contributed by atoms with Gasteiger partial charge in [-0.3, -0.25) is 4.79 Å². The topological polar surface area (TPSA) is 79.2 Å². The molecule has 0 aliphatic carbocycles. The second kappa shape index (κ2) is 5.77. The minimum absolute atomic E-state index is 0.103. The van der Waals surface area contributed by atoms with Crippen LogP contribution in [0.5, 0.6) is 0 Å². The van der Waals surface area contributed by atoms with Gasteiger partial charge in [0.15, 0.2) is 0 Å². The van der Waals surface area contributed by atoms with E-state index in [4.69, 9.17) is 0 Å². The van der Waals surface area contributed by atoms with Crippen LogP contribution in [-0.2, 0) is 6.42 Å². The maximum absolute atomic E-state index is 12.1. The molecule has 4 rings (SSSR count). The van der Waals surface area contributed by atoms with Crippen molar-refractivity contribution in [3.05, 3.63) is 40.3 Å². The Morgan fingerprint density at radius 2 is 2.39 bits per heavy atom. The van der Waals surface area contributed by atoms with Crippen LogP contribution >= 0.6 is 11.3 Å². The fourth-order valence-corrected chi connectivity index (χ4v) is 3.99. The van der Waals surface area contributed by atoms with Gasteiger partial charge in [0.1, 0.15) is 5.82 Å². The maximum atomic E-state index is 12.1. The smallest absolute Gasteiger partial charge is 0.275 e. The van der Waals surface area contributed by atoms with Crippen molar-refractivity contribution in [1.29, 1.82) is 0 Å². The number of aromatic amines is 1. The summed E-state index contributed by atoms with van der Waals surface area (Å²) in [5, 5.41) is 5.34. The molecule has 3 aromatic heterocycles. The molecule has 0 bridgehead atoms. The van der Waals surface area contributed by atoms with E-state index in [0.717, 1.165) is 49.0 Å². The summed E-state index contributed by atoms with van der Waals surface area (Å²) < 4.78 is 1.41. The predicted molar refractivity (Wildman–Crippen MR) is 89.3 cm³/mol. The Morgan fingerprint density at radius 3 is 3.17 bits per heavy atom. The molecule has 1 unspecified atom stereocenters. The third kappa shape index (κ3) is 2.63. The minimum atomic E-state index is -0.103. The average Bonchev–Trinajstić information content (AvgIpc) is 3.24. The Hall–Kier alpha value is -2.22. The number of aromatic nitrogens is 5. The molecule has 1 N–H and O–H groups in total. The molecule has 1 aliphatic heterocycles. The quantitative estimate of drug-likeness (QED) is 0.792. The SMILES string of the molecule is CCc1cc(=O)n2nc(N3CCCC(c4ncc[nH]4)C3)sc2n1. The van der Waals surface area contributed by atoms with E-state index >= 15 is 0 Å². The van der Waals surface area contributed by atoms with Crippen LogP contribution in [0.1, 0.15) is 37.2 Å². The van der Waals surface area contributed by atoms with Gasteiger partial charge < -0.3 is 9.88 Å². The second-order valence-electron chi connectivity index (χ2n) is 5.78. The summed E-state index contributed by atoms with van der Waals surface area (Å²) in [7, 11) is 0. The number of rotatable bonds is 3. The van der Waals surface area contributed by atoms with Crippen LogP contribution in [0.4, 0.5) is 5.13 Å². The van der Waals surface area contributed by atoms with Crippen LogP contribution in [0, 0.1) is 0 Å². The van der Waals surface area contributed by atoms with E-state index in [1.54, 1.807) is 12.3 Å². The highest BCUT2D eigenvalue weighted by Crippen LogP contribution is 2.30. The third-order valence-corrected chi connectivity index (χ3v) is 5.22. The number of hydrogen-bond donors (Lipinski definition) is 1. The summed E-state index contributed by atoms with van der Waals surface area (Å²) in [6, 6.07) is 1.57. The first-order chi connectivity index (χ1) is 11.2. The van der Waals surface area contributed by atoms with Crippen molar-refractivity contribution >= 4 is 21.4 Å². The highest BCUT2D eigenvalue weighted by molar-refractivity contribution is 7.20. The molecule has 4 heterocycles. The predicted octanol–water partition coefficient (Wildman–Crippen LogP) is 1.82. The molecule has 0 saturated carbocycles. The number of H-pyrrole nitrogens is 1. The molecule has 3 aromatic rings. The molecule has 1 fully saturated rings. The Morgan fingerprint density at radius 1 is 1.48 bits per heavy atom. The number of hydrogen-bond acceptors (Lipinski definition) is 6. The number of nitrogens with one attached hydrogen (secondary N) is 1. The number of piperidine rings is 1. The summed E-state index contributed by atoms with van der Waals surface area (Å²) in [5.74, 6) is 1.40. The van der Waals surface area contributed by atoms with E-state index in [0.29, 0.717) is 10.9 Å². The molecule has 0 spiro atoms. The zero-order valence-electron chi connectivity index (χ0n) is 12.9. The molecule has 120 valence electrons. The van der Waals surface area contributed by atoms with Gasteiger partial charge >= 0.3 is 0 Å². The van der Waals surface area contributed by atoms with Crippen LogP contribution in [0.15, 0.2) is 23.3 Å². The molecular weight excluding hydrogens is 312 g/mol. The van der Waals surface area contributed by atoms with Gasteiger partial charge in [-0.2, -0.15) is 4.52 Å². The number of imidazole rings is 1. The van der Waals surface area contributed by atoms with Gasteiger partial charge in [-0.25, -0.2) is 9.97 Å². The first-order valence-corrected chi connectivity index (χ1v) is 8.70. The molecular formula is C15H18N6OS. The number of nitrogens with zero attached hydrogens (tertiary/aromatic N) is 5. The first-order valence-electron chi connectivity index (χ1n) is 7.88. The molecule has 1 atom stereocenters. The van der Waals surface area contributed by atoms with Crippen LogP contribution in [-0.4, -0.2) is 37.7 Å². The Balaban J connectivity index is 1.66. The number of aryl methyl sites for hydroxylation is 1. The molecule has 8 heteroatoms. The number of fused-ring (bicyclic) bond motifs is 1. The minimum Gasteiger partial charge on any atom is -0.348 e. The van der Waals surface area contributed by atoms with Crippen molar-refractivity contribution in [2.45, 2.75) is 32.1 Å². The summed E-state index contributed by atoms with van der Waals surface area (Å²) in [4.78, 5) is 27.1. The lowest BCUT2D eigenvalue weighted by atomic mass is 9.98. The van der Waals surface area contributed by atoms with Crippen LogP contribution < -0.4 is 10.5 Å². The average molecular weight is 330 g/mol. The molecule has 1 saturated heterocycles. The monoisotopic (exact) mass is 330 g/mol. The summed E-state index contributed by atoms with van der Waals surface area (Å²) in [6.45, 7) is 3.81. The van der Waals surface area contributed by atoms with E-state index in [9.17, 15) is 4.79 Å². The van der Waals surface area contributed by atoms with Crippen molar-refractivity contribution in [2.75, 3.05) is 18.0 Å². The summed E-state index contributed by atoms with van der Waals surface area (Å²) in [6.07, 6.45) is 6.61. The number of anilines is 1. The van der Waals surface area contributed by atoms with Crippen molar-refractivity contribution in [1.82, 2.24) is 24.6 Å². The van der Waals surface area contributed by atoms with Gasteiger partial charge in [-0.15, -0.1) is 5.10 Å². The maximum Gasteiger partial charge on any atom is 0.275 e. The molecule has 1 aliphatic rings. The lowest BCUT2D eigenvalue weighted by Crippen LogP contribution is -2.34. The summed E-state index contributed by atoms with van der Waals surface area (Å²) in [5.41, 5.74) is 0.714. The van der Waals surface area contributed by atoms with Crippen molar-refractivity contribution in [3.8, 4) is 0 Å². The fourth-order valence-electron chi connectivity index (χ4n) is 3.03. The highest BCUT2D eigenvalue weighted by Gasteiger charge is 2.25. The molecule has 7 nitrogen and oxygen atoms in total. The molecule has 0 amide bonds. The lowest BCUT2D eigenvalue weighted by Gasteiger charge is -2.31. The normalized spacial score (nSPS) is 18.7. The Bertz CT molecular complexity index is 868. The third-order valence-electron chi connectivity index (χ3n) is 4.25. The van der Waals surface area contributed by atoms with E-state index < -0.39 is 0 Å². The lowest BCUT2D eigenvalue weighted by molar-refractivity contribution is 0.492. The zero-order valence-corrected chi connectivity index (χ0v) is 13.7. The van der Waals surface area contributed by atoms with E-state index in [1.165, 1.54) is 15.9 Å². The van der Waals surface area contributed by atoms with E-state index in [1.807, 2.05) is 13.1 Å². The van der Waals surface area contributed by atoms with Gasteiger partial charge in [0.2, 0.25) is 10.1 Å². The molecule has 0 aromatic carbocycles. The van der Waals surface area contributed by atoms with Crippen LogP contribution in [0.25, 0.3) is 4.96 Å². The second-order valence-corrected chi connectivity index (χ2v) is 6.71. The van der Waals surface area contributed by atoms with Crippen LogP contribution in [0.2, 0.25) is 0 Å². The van der Waals surface area contributed by atoms with Gasteiger partial charge in [0, 0.05) is 43.2 Å². The summed E-state index contributed by atoms with van der Waals surface area (Å²) >= 11 is 1.48. The van der Waals surface area contributed by atoms with E-state index in [-0.39, 0.29) is 5.56 Å². The van der Waals surface area contributed by atoms with Gasteiger partial charge in [-0.1, -0.05) is 18.3 Å². The zero-order chi connectivity index (χ0) is 15.8. The van der Waals surface area contributed by atoms with Crippen molar-refractivity contribution in [3.63, 3.8) is 0 Å². The fraction of sp³-hybridized carbons (Fsp3) is 0.467. The molecule has 23 heavy (non-hydrogen) atoms. The van der Waals surface area contributed by atoms with Gasteiger partial charge in [0.25, 0.3) is 5.56 Å². The Labute approximate surface area is 137 Å². The van der Waals surface area contributed by atoms with E-state index in [2.05, 4.69) is 25.0 Å². The largest absolute Gasteiger partial charge is 0.348 e. The highest BCUT2D eigenvalue weighted by atomic mass is 32.1. The van der Waals surface area contributed by atoms with Crippen molar-refractivity contribution in [2.24, 2.45) is 0 Å². The van der Waals surface area contributed by atoms with Crippen molar-refractivity contribution < 1.29 is 0 Å². The van der Waals surface area contributed by atoms with Crippen LogP contribution in [0.3, 0.4) is 0 Å². The molecule has 0 radical (unpaired) electrons. The first kappa shape index (κ1) is 14.4. The Kier molecular flexibility index (Phi) is 3.60. The van der Waals surface area contributed by atoms with Gasteiger partial charge in [-0.05, 0) is 19.3 Å².